The molecule has 0 unspecified atom stereocenters. The quantitative estimate of drug-likeness (QED) is 0.208. The molecule has 1 amide bonds. The second-order valence-electron chi connectivity index (χ2n) is 5.49. The maximum Gasteiger partial charge on any atom is 0.233 e. The predicted molar refractivity (Wildman–Crippen MR) is 70.4 cm³/mol. The van der Waals surface area contributed by atoms with E-state index in [2.05, 4.69) is 22.3 Å². The highest BCUT2D eigenvalue weighted by Crippen LogP contribution is 2.45. The molecule has 104 valence electrons. The van der Waals surface area contributed by atoms with Gasteiger partial charge >= 0.3 is 0 Å². The Bertz CT molecular complexity index is 322. The largest absolute Gasteiger partial charge is 0.409 e. The molecule has 1 rings (SSSR count). The van der Waals surface area contributed by atoms with E-state index in [0.29, 0.717) is 25.3 Å². The van der Waals surface area contributed by atoms with E-state index in [0.717, 1.165) is 13.0 Å². The van der Waals surface area contributed by atoms with Gasteiger partial charge in [0.05, 0.1) is 0 Å². The van der Waals surface area contributed by atoms with Gasteiger partial charge in [0.25, 0.3) is 0 Å². The molecule has 0 aromatic heterocycles. The summed E-state index contributed by atoms with van der Waals surface area (Å²) in [5.74, 6) is 0.359. The minimum atomic E-state index is -0.785. The Kier molecular flexibility index (Phi) is 4.95. The summed E-state index contributed by atoms with van der Waals surface area (Å²) >= 11 is 0. The van der Waals surface area contributed by atoms with Crippen LogP contribution < -0.4 is 11.1 Å². The molecule has 0 radical (unpaired) electrons. The van der Waals surface area contributed by atoms with Crippen LogP contribution in [0.15, 0.2) is 5.16 Å². The van der Waals surface area contributed by atoms with Gasteiger partial charge < -0.3 is 21.2 Å². The van der Waals surface area contributed by atoms with Crippen molar-refractivity contribution < 1.29 is 10.0 Å². The van der Waals surface area contributed by atoms with Crippen molar-refractivity contribution in [2.75, 3.05) is 27.2 Å². The van der Waals surface area contributed by atoms with Crippen LogP contribution in [0, 0.1) is 11.3 Å². The van der Waals surface area contributed by atoms with Gasteiger partial charge in [-0.2, -0.15) is 0 Å². The Hall–Kier alpha value is -1.30. The SMILES string of the molecule is CC1CC(C(=O)NCCCN(C)C)(C(N)=NO)C1. The molecular formula is C12H24N4O2. The molecule has 6 heteroatoms. The summed E-state index contributed by atoms with van der Waals surface area (Å²) in [6, 6.07) is 0. The van der Waals surface area contributed by atoms with Gasteiger partial charge in [0.2, 0.25) is 5.91 Å². The van der Waals surface area contributed by atoms with E-state index in [4.69, 9.17) is 10.9 Å². The van der Waals surface area contributed by atoms with Crippen LogP contribution in [-0.2, 0) is 4.79 Å². The number of nitrogens with one attached hydrogen (secondary N) is 1. The van der Waals surface area contributed by atoms with Crippen LogP contribution in [0.5, 0.6) is 0 Å². The van der Waals surface area contributed by atoms with E-state index in [9.17, 15) is 4.79 Å². The van der Waals surface area contributed by atoms with Gasteiger partial charge in [-0.1, -0.05) is 12.1 Å². The van der Waals surface area contributed by atoms with Gasteiger partial charge in [-0.15, -0.1) is 0 Å². The van der Waals surface area contributed by atoms with Crippen molar-refractivity contribution in [3.63, 3.8) is 0 Å². The number of rotatable bonds is 6. The normalized spacial score (nSPS) is 28.0. The van der Waals surface area contributed by atoms with Crippen LogP contribution in [0.3, 0.4) is 0 Å². The van der Waals surface area contributed by atoms with E-state index >= 15 is 0 Å². The number of carbonyl (C=O) groups is 1. The van der Waals surface area contributed by atoms with Crippen molar-refractivity contribution in [3.05, 3.63) is 0 Å². The summed E-state index contributed by atoms with van der Waals surface area (Å²) in [6.45, 7) is 3.60. The maximum absolute atomic E-state index is 12.1. The van der Waals surface area contributed by atoms with Crippen molar-refractivity contribution >= 4 is 11.7 Å². The molecule has 0 saturated heterocycles. The molecule has 0 bridgehead atoms. The zero-order valence-corrected chi connectivity index (χ0v) is 11.4. The van der Waals surface area contributed by atoms with E-state index in [1.807, 2.05) is 14.1 Å². The van der Waals surface area contributed by atoms with Gasteiger partial charge in [0.15, 0.2) is 5.84 Å². The molecule has 1 saturated carbocycles. The third-order valence-corrected chi connectivity index (χ3v) is 3.49. The van der Waals surface area contributed by atoms with Gasteiger partial charge in [-0.25, -0.2) is 0 Å². The molecule has 0 aromatic carbocycles. The average Bonchev–Trinajstić information content (AvgIpc) is 2.28. The van der Waals surface area contributed by atoms with E-state index < -0.39 is 5.41 Å². The lowest BCUT2D eigenvalue weighted by Crippen LogP contribution is -2.56. The fourth-order valence-electron chi connectivity index (χ4n) is 2.50. The molecule has 4 N–H and O–H groups in total. The molecular weight excluding hydrogens is 232 g/mol. The molecule has 18 heavy (non-hydrogen) atoms. The third kappa shape index (κ3) is 3.13. The molecule has 1 fully saturated rings. The van der Waals surface area contributed by atoms with Crippen molar-refractivity contribution in [2.24, 2.45) is 22.2 Å². The average molecular weight is 256 g/mol. The highest BCUT2D eigenvalue weighted by Gasteiger charge is 2.51. The summed E-state index contributed by atoms with van der Waals surface area (Å²) in [6.07, 6.45) is 2.20. The summed E-state index contributed by atoms with van der Waals surface area (Å²) < 4.78 is 0. The summed E-state index contributed by atoms with van der Waals surface area (Å²) in [5, 5.41) is 14.7. The molecule has 0 heterocycles. The number of amides is 1. The smallest absolute Gasteiger partial charge is 0.233 e. The minimum absolute atomic E-state index is 0.0331. The summed E-state index contributed by atoms with van der Waals surface area (Å²) in [4.78, 5) is 14.2. The Morgan fingerprint density at radius 3 is 2.61 bits per heavy atom. The second-order valence-corrected chi connectivity index (χ2v) is 5.49. The Balaban J connectivity index is 2.47. The number of hydrogen-bond acceptors (Lipinski definition) is 4. The van der Waals surface area contributed by atoms with Crippen LogP contribution in [0.4, 0.5) is 0 Å². The maximum atomic E-state index is 12.1. The van der Waals surface area contributed by atoms with Crippen LogP contribution in [0.25, 0.3) is 0 Å². The van der Waals surface area contributed by atoms with Crippen molar-refractivity contribution in [2.45, 2.75) is 26.2 Å². The standard InChI is InChI=1S/C12H24N4O2/c1-9-7-12(8-9,10(13)15-18)11(17)14-5-4-6-16(2)3/h9,18H,4-8H2,1-3H3,(H2,13,15)(H,14,17). The van der Waals surface area contributed by atoms with Crippen LogP contribution in [0.2, 0.25) is 0 Å². The van der Waals surface area contributed by atoms with Crippen LogP contribution in [0.1, 0.15) is 26.2 Å². The lowest BCUT2D eigenvalue weighted by atomic mass is 9.61. The molecule has 0 spiro atoms. The van der Waals surface area contributed by atoms with Gasteiger partial charge in [-0.3, -0.25) is 4.79 Å². The van der Waals surface area contributed by atoms with Gasteiger partial charge in [0, 0.05) is 6.54 Å². The number of oxime groups is 1. The number of nitrogens with two attached hydrogens (primary N) is 1. The molecule has 0 atom stereocenters. The first-order valence-electron chi connectivity index (χ1n) is 6.33. The number of nitrogens with zero attached hydrogens (tertiary/aromatic N) is 2. The van der Waals surface area contributed by atoms with Crippen molar-refractivity contribution in [1.82, 2.24) is 10.2 Å². The summed E-state index contributed by atoms with van der Waals surface area (Å²) in [5.41, 5.74) is 4.87. The second kappa shape index (κ2) is 6.04. The van der Waals surface area contributed by atoms with Gasteiger partial charge in [-0.05, 0) is 45.8 Å². The lowest BCUT2D eigenvalue weighted by molar-refractivity contribution is -0.133. The molecule has 0 aromatic rings. The van der Waals surface area contributed by atoms with Crippen molar-refractivity contribution in [3.8, 4) is 0 Å². The van der Waals surface area contributed by atoms with E-state index in [1.54, 1.807) is 0 Å². The Morgan fingerprint density at radius 1 is 1.56 bits per heavy atom. The number of hydrogen-bond donors (Lipinski definition) is 3. The minimum Gasteiger partial charge on any atom is -0.409 e. The zero-order chi connectivity index (χ0) is 13.8. The van der Waals surface area contributed by atoms with Crippen molar-refractivity contribution in [1.29, 1.82) is 0 Å². The van der Waals surface area contributed by atoms with Crippen LogP contribution >= 0.6 is 0 Å². The monoisotopic (exact) mass is 256 g/mol. The molecule has 1 aliphatic carbocycles. The lowest BCUT2D eigenvalue weighted by Gasteiger charge is -2.43. The fraction of sp³-hybridized carbons (Fsp3) is 0.833. The molecule has 0 aliphatic heterocycles. The van der Waals surface area contributed by atoms with Gasteiger partial charge in [0.1, 0.15) is 5.41 Å². The Morgan fingerprint density at radius 2 is 2.17 bits per heavy atom. The topological polar surface area (TPSA) is 91.0 Å². The number of amidine groups is 1. The van der Waals surface area contributed by atoms with E-state index in [-0.39, 0.29) is 11.7 Å². The first kappa shape index (κ1) is 14.8. The highest BCUT2D eigenvalue weighted by molar-refractivity contribution is 6.07. The first-order valence-corrected chi connectivity index (χ1v) is 6.33. The third-order valence-electron chi connectivity index (χ3n) is 3.49. The zero-order valence-electron chi connectivity index (χ0n) is 11.4. The van der Waals surface area contributed by atoms with Crippen LogP contribution in [-0.4, -0.2) is 49.0 Å². The predicted octanol–water partition coefficient (Wildman–Crippen LogP) is 0.217. The molecule has 1 aliphatic rings. The fourth-order valence-corrected chi connectivity index (χ4v) is 2.50. The Labute approximate surface area is 108 Å². The number of carbonyl (C=O) groups excluding carboxylic acids is 1. The highest BCUT2D eigenvalue weighted by atomic mass is 16.4. The van der Waals surface area contributed by atoms with E-state index in [1.165, 1.54) is 0 Å². The first-order chi connectivity index (χ1) is 8.42. The summed E-state index contributed by atoms with van der Waals surface area (Å²) in [7, 11) is 3.99. The molecule has 6 nitrogen and oxygen atoms in total.